The van der Waals surface area contributed by atoms with Crippen molar-refractivity contribution in [3.8, 4) is 0 Å². The smallest absolute Gasteiger partial charge is 0.0917 e. The van der Waals surface area contributed by atoms with Crippen LogP contribution in [0, 0.1) is 6.92 Å². The zero-order valence-corrected chi connectivity index (χ0v) is 12.9. The highest BCUT2D eigenvalue weighted by Crippen LogP contribution is 2.17. The molecule has 19 heavy (non-hydrogen) atoms. The van der Waals surface area contributed by atoms with Gasteiger partial charge in [0, 0.05) is 19.1 Å². The van der Waals surface area contributed by atoms with Crippen LogP contribution in [0.3, 0.4) is 0 Å². The molecule has 0 aliphatic carbocycles. The van der Waals surface area contributed by atoms with E-state index in [2.05, 4.69) is 56.8 Å². The van der Waals surface area contributed by atoms with Crippen molar-refractivity contribution in [3.05, 3.63) is 35.4 Å². The minimum Gasteiger partial charge on any atom is -0.387 e. The minimum atomic E-state index is -0.413. The fraction of sp³-hybridized carbons (Fsp3) is 0.625. The van der Waals surface area contributed by atoms with Crippen molar-refractivity contribution >= 4 is 0 Å². The fourth-order valence-electron chi connectivity index (χ4n) is 2.47. The maximum atomic E-state index is 10.4. The highest BCUT2D eigenvalue weighted by Gasteiger charge is 2.17. The summed E-state index contributed by atoms with van der Waals surface area (Å²) in [5.41, 5.74) is 2.21. The summed E-state index contributed by atoms with van der Waals surface area (Å²) in [5.74, 6) is 0. The average molecular weight is 264 g/mol. The molecule has 0 spiro atoms. The number of aliphatic hydroxyl groups excluding tert-OH is 1. The third-order valence-corrected chi connectivity index (χ3v) is 3.49. The Hall–Kier alpha value is -0.900. The summed E-state index contributed by atoms with van der Waals surface area (Å²) in [5, 5.41) is 10.4. The maximum Gasteiger partial charge on any atom is 0.0917 e. The van der Waals surface area contributed by atoms with Crippen LogP contribution in [0.1, 0.15) is 31.1 Å². The molecule has 3 nitrogen and oxygen atoms in total. The van der Waals surface area contributed by atoms with Crippen molar-refractivity contribution < 1.29 is 5.11 Å². The molecule has 2 atom stereocenters. The molecule has 0 aromatic heterocycles. The second-order valence-electron chi connectivity index (χ2n) is 5.63. The molecule has 0 radical (unpaired) electrons. The van der Waals surface area contributed by atoms with Gasteiger partial charge in [0.2, 0.25) is 0 Å². The van der Waals surface area contributed by atoms with Crippen molar-refractivity contribution in [3.63, 3.8) is 0 Å². The Labute approximate surface area is 117 Å². The summed E-state index contributed by atoms with van der Waals surface area (Å²) < 4.78 is 0. The lowest BCUT2D eigenvalue weighted by molar-refractivity contribution is 0.0858. The van der Waals surface area contributed by atoms with Crippen molar-refractivity contribution in [2.45, 2.75) is 32.9 Å². The molecule has 1 N–H and O–H groups in total. The number of aliphatic hydroxyl groups is 1. The van der Waals surface area contributed by atoms with Gasteiger partial charge in [-0.2, -0.15) is 0 Å². The Balaban J connectivity index is 2.65. The molecular weight excluding hydrogens is 236 g/mol. The van der Waals surface area contributed by atoms with Gasteiger partial charge in [0.15, 0.2) is 0 Å². The molecule has 0 aliphatic heterocycles. The fourth-order valence-corrected chi connectivity index (χ4v) is 2.47. The highest BCUT2D eigenvalue weighted by atomic mass is 16.3. The van der Waals surface area contributed by atoms with Crippen molar-refractivity contribution in [2.24, 2.45) is 0 Å². The van der Waals surface area contributed by atoms with Crippen LogP contribution in [-0.2, 0) is 0 Å². The van der Waals surface area contributed by atoms with Crippen LogP contribution in [-0.4, -0.2) is 54.7 Å². The van der Waals surface area contributed by atoms with E-state index < -0.39 is 6.10 Å². The van der Waals surface area contributed by atoms with E-state index in [-0.39, 0.29) is 0 Å². The minimum absolute atomic E-state index is 0.413. The number of nitrogens with zero attached hydrogens (tertiary/aromatic N) is 2. The zero-order valence-electron chi connectivity index (χ0n) is 12.9. The SMILES string of the molecule is CCN(CC(O)c1cccc(C)c1)C(C)CN(C)C. The van der Waals surface area contributed by atoms with Crippen LogP contribution >= 0.6 is 0 Å². The van der Waals surface area contributed by atoms with Gasteiger partial charge in [-0.05, 0) is 40.1 Å². The summed E-state index contributed by atoms with van der Waals surface area (Å²) in [6.45, 7) is 9.07. The molecule has 0 saturated carbocycles. The Morgan fingerprint density at radius 3 is 2.42 bits per heavy atom. The van der Waals surface area contributed by atoms with Gasteiger partial charge in [-0.15, -0.1) is 0 Å². The highest BCUT2D eigenvalue weighted by molar-refractivity contribution is 5.24. The predicted octanol–water partition coefficient (Wildman–Crippen LogP) is 2.30. The third-order valence-electron chi connectivity index (χ3n) is 3.49. The molecule has 1 rings (SSSR count). The monoisotopic (exact) mass is 264 g/mol. The summed E-state index contributed by atoms with van der Waals surface area (Å²) in [6.07, 6.45) is -0.413. The van der Waals surface area contributed by atoms with Crippen molar-refractivity contribution in [1.82, 2.24) is 9.80 Å². The first-order valence-corrected chi connectivity index (χ1v) is 7.07. The van der Waals surface area contributed by atoms with Crippen LogP contribution in [0.2, 0.25) is 0 Å². The van der Waals surface area contributed by atoms with E-state index in [4.69, 9.17) is 0 Å². The Morgan fingerprint density at radius 2 is 1.89 bits per heavy atom. The molecule has 0 aliphatic rings. The maximum absolute atomic E-state index is 10.4. The van der Waals surface area contributed by atoms with Gasteiger partial charge in [-0.1, -0.05) is 36.8 Å². The van der Waals surface area contributed by atoms with Crippen molar-refractivity contribution in [2.75, 3.05) is 33.7 Å². The Morgan fingerprint density at radius 1 is 1.21 bits per heavy atom. The molecule has 1 aromatic rings. The molecule has 0 heterocycles. The number of likely N-dealkylation sites (N-methyl/N-ethyl adjacent to an activating group) is 2. The Kier molecular flexibility index (Phi) is 6.49. The first-order valence-electron chi connectivity index (χ1n) is 7.07. The van der Waals surface area contributed by atoms with Gasteiger partial charge < -0.3 is 10.0 Å². The molecule has 108 valence electrons. The quantitative estimate of drug-likeness (QED) is 0.818. The lowest BCUT2D eigenvalue weighted by Crippen LogP contribution is -2.42. The number of rotatable bonds is 7. The van der Waals surface area contributed by atoms with E-state index in [1.165, 1.54) is 5.56 Å². The third kappa shape index (κ3) is 5.31. The summed E-state index contributed by atoms with van der Waals surface area (Å²) in [4.78, 5) is 4.51. The molecule has 1 aromatic carbocycles. The van der Waals surface area contributed by atoms with Gasteiger partial charge in [0.1, 0.15) is 0 Å². The molecule has 3 heteroatoms. The number of hydrogen-bond acceptors (Lipinski definition) is 3. The van der Waals surface area contributed by atoms with Gasteiger partial charge in [0.05, 0.1) is 6.10 Å². The van der Waals surface area contributed by atoms with Crippen LogP contribution in [0.5, 0.6) is 0 Å². The lowest BCUT2D eigenvalue weighted by Gasteiger charge is -2.31. The predicted molar refractivity (Wildman–Crippen MR) is 81.4 cm³/mol. The van der Waals surface area contributed by atoms with E-state index in [9.17, 15) is 5.11 Å². The standard InChI is InChI=1S/C16H28N2O/c1-6-18(14(3)11-17(4)5)12-16(19)15-9-7-8-13(2)10-15/h7-10,14,16,19H,6,11-12H2,1-5H3. The second-order valence-corrected chi connectivity index (χ2v) is 5.63. The van der Waals surface area contributed by atoms with Crippen LogP contribution in [0.4, 0.5) is 0 Å². The topological polar surface area (TPSA) is 26.7 Å². The van der Waals surface area contributed by atoms with E-state index in [0.717, 1.165) is 18.7 Å². The molecule has 0 bridgehead atoms. The molecule has 2 unspecified atom stereocenters. The van der Waals surface area contributed by atoms with E-state index in [1.54, 1.807) is 0 Å². The number of hydrogen-bond donors (Lipinski definition) is 1. The second kappa shape index (κ2) is 7.63. The molecule has 0 fully saturated rings. The lowest BCUT2D eigenvalue weighted by atomic mass is 10.1. The van der Waals surface area contributed by atoms with Gasteiger partial charge in [0.25, 0.3) is 0 Å². The summed E-state index contributed by atoms with van der Waals surface area (Å²) in [7, 11) is 4.17. The van der Waals surface area contributed by atoms with Gasteiger partial charge >= 0.3 is 0 Å². The largest absolute Gasteiger partial charge is 0.387 e. The molecule has 0 saturated heterocycles. The van der Waals surface area contributed by atoms with Gasteiger partial charge in [-0.25, -0.2) is 0 Å². The van der Waals surface area contributed by atoms with E-state index in [1.807, 2.05) is 12.1 Å². The van der Waals surface area contributed by atoms with Crippen LogP contribution in [0.15, 0.2) is 24.3 Å². The first-order chi connectivity index (χ1) is 8.93. The first kappa shape index (κ1) is 16.2. The van der Waals surface area contributed by atoms with E-state index in [0.29, 0.717) is 12.6 Å². The van der Waals surface area contributed by atoms with Crippen LogP contribution < -0.4 is 0 Å². The Bertz CT molecular complexity index is 379. The van der Waals surface area contributed by atoms with Gasteiger partial charge in [-0.3, -0.25) is 4.90 Å². The van der Waals surface area contributed by atoms with Crippen molar-refractivity contribution in [1.29, 1.82) is 0 Å². The molecular formula is C16H28N2O. The summed E-state index contributed by atoms with van der Waals surface area (Å²) in [6, 6.07) is 8.58. The zero-order chi connectivity index (χ0) is 14.4. The summed E-state index contributed by atoms with van der Waals surface area (Å²) >= 11 is 0. The number of benzene rings is 1. The normalized spacial score (nSPS) is 14.9. The van der Waals surface area contributed by atoms with E-state index >= 15 is 0 Å². The average Bonchev–Trinajstić information content (AvgIpc) is 2.34. The molecule has 0 amide bonds. The number of aryl methyl sites for hydroxylation is 1. The van der Waals surface area contributed by atoms with Crippen LogP contribution in [0.25, 0.3) is 0 Å².